The maximum atomic E-state index is 12.4. The maximum Gasteiger partial charge on any atom is 0.231 e. The highest BCUT2D eigenvalue weighted by molar-refractivity contribution is 5.99. The molecule has 1 aromatic carbocycles. The number of hydrogen-bond acceptors (Lipinski definition) is 5. The second kappa shape index (κ2) is 7.24. The summed E-state index contributed by atoms with van der Waals surface area (Å²) in [7, 11) is 2.04. The van der Waals surface area contributed by atoms with E-state index in [-0.39, 0.29) is 23.8 Å². The molecule has 3 aliphatic rings. The molecule has 4 rings (SSSR count). The molecule has 2 saturated heterocycles. The summed E-state index contributed by atoms with van der Waals surface area (Å²) in [6.45, 7) is 6.81. The van der Waals surface area contributed by atoms with Gasteiger partial charge in [-0.1, -0.05) is 18.2 Å². The Bertz CT molecular complexity index is 740. The van der Waals surface area contributed by atoms with Crippen LogP contribution in [0, 0.1) is 5.92 Å². The Labute approximate surface area is 161 Å². The van der Waals surface area contributed by atoms with E-state index in [0.29, 0.717) is 24.8 Å². The molecule has 6 nitrogen and oxygen atoms in total. The number of amides is 2. The van der Waals surface area contributed by atoms with Crippen LogP contribution in [0.1, 0.15) is 62.6 Å². The lowest BCUT2D eigenvalue weighted by Gasteiger charge is -2.35. The zero-order valence-electron chi connectivity index (χ0n) is 16.5. The lowest BCUT2D eigenvalue weighted by atomic mass is 9.83. The molecule has 27 heavy (non-hydrogen) atoms. The Kier molecular flexibility index (Phi) is 4.95. The summed E-state index contributed by atoms with van der Waals surface area (Å²) in [5.41, 5.74) is 7.30. The van der Waals surface area contributed by atoms with Crippen molar-refractivity contribution >= 4 is 17.5 Å². The van der Waals surface area contributed by atoms with Crippen LogP contribution in [0.3, 0.4) is 0 Å². The molecule has 2 unspecified atom stereocenters. The molecular weight excluding hydrogens is 340 g/mol. The van der Waals surface area contributed by atoms with E-state index >= 15 is 0 Å². The smallest absolute Gasteiger partial charge is 0.231 e. The van der Waals surface area contributed by atoms with Gasteiger partial charge in [-0.05, 0) is 63.2 Å². The average molecular weight is 370 g/mol. The second-order valence-electron chi connectivity index (χ2n) is 8.41. The van der Waals surface area contributed by atoms with Gasteiger partial charge >= 0.3 is 0 Å². The molecule has 6 heteroatoms. The Morgan fingerprint density at radius 1 is 1.07 bits per heavy atom. The molecule has 0 saturated carbocycles. The van der Waals surface area contributed by atoms with E-state index in [0.717, 1.165) is 13.1 Å². The number of imide groups is 1. The molecule has 3 heterocycles. The number of hydrogen-bond donors (Lipinski definition) is 2. The number of carbonyl (C=O) groups excluding carboxylic acids is 2. The Balaban J connectivity index is 1.59. The van der Waals surface area contributed by atoms with Crippen molar-refractivity contribution in [1.82, 2.24) is 15.6 Å². The monoisotopic (exact) mass is 370 g/mol. The van der Waals surface area contributed by atoms with E-state index in [4.69, 9.17) is 0 Å². The first-order chi connectivity index (χ1) is 13.0. The van der Waals surface area contributed by atoms with Crippen LogP contribution in [0.15, 0.2) is 18.2 Å². The molecule has 0 radical (unpaired) electrons. The predicted octanol–water partition coefficient (Wildman–Crippen LogP) is 2.32. The summed E-state index contributed by atoms with van der Waals surface area (Å²) in [6.07, 6.45) is 3.37. The van der Waals surface area contributed by atoms with Gasteiger partial charge in [-0.2, -0.15) is 0 Å². The Hall–Kier alpha value is -1.92. The first-order valence-corrected chi connectivity index (χ1v) is 10.2. The van der Waals surface area contributed by atoms with Crippen LogP contribution in [-0.4, -0.2) is 42.9 Å². The van der Waals surface area contributed by atoms with Gasteiger partial charge in [0.05, 0.1) is 17.6 Å². The molecule has 2 atom stereocenters. The van der Waals surface area contributed by atoms with Gasteiger partial charge in [0.1, 0.15) is 0 Å². The van der Waals surface area contributed by atoms with Gasteiger partial charge < -0.3 is 9.91 Å². The van der Waals surface area contributed by atoms with Crippen molar-refractivity contribution in [3.63, 3.8) is 0 Å². The number of fused-ring (bicyclic) bond motifs is 1. The minimum atomic E-state index is -0.204. The molecule has 146 valence electrons. The summed E-state index contributed by atoms with van der Waals surface area (Å²) in [6, 6.07) is 7.05. The molecule has 3 aliphatic heterocycles. The van der Waals surface area contributed by atoms with Gasteiger partial charge in [-0.3, -0.25) is 14.9 Å². The number of rotatable bonds is 3. The summed E-state index contributed by atoms with van der Waals surface area (Å²) < 4.78 is 0. The minimum Gasteiger partial charge on any atom is -0.310 e. The fourth-order valence-corrected chi connectivity index (χ4v) is 4.95. The summed E-state index contributed by atoms with van der Waals surface area (Å²) >= 11 is 0. The lowest BCUT2D eigenvalue weighted by Crippen LogP contribution is -2.46. The zero-order chi connectivity index (χ0) is 19.1. The normalized spacial score (nSPS) is 27.2. The number of para-hydroxylation sites is 1. The number of nitrogens with one attached hydrogen (secondary N) is 2. The van der Waals surface area contributed by atoms with Crippen molar-refractivity contribution in [1.29, 1.82) is 0 Å². The van der Waals surface area contributed by atoms with Gasteiger partial charge in [0.2, 0.25) is 11.8 Å². The number of benzene rings is 1. The van der Waals surface area contributed by atoms with E-state index in [9.17, 15) is 9.59 Å². The number of anilines is 1. The third-order valence-corrected chi connectivity index (χ3v) is 6.49. The van der Waals surface area contributed by atoms with E-state index in [1.165, 1.54) is 29.7 Å². The molecule has 0 aliphatic carbocycles. The fraction of sp³-hybridized carbons (Fsp3) is 0.619. The van der Waals surface area contributed by atoms with Crippen molar-refractivity contribution in [2.45, 2.75) is 57.5 Å². The molecule has 2 fully saturated rings. The maximum absolute atomic E-state index is 12.4. The van der Waals surface area contributed by atoms with Crippen LogP contribution < -0.4 is 15.8 Å². The average Bonchev–Trinajstić information content (AvgIpc) is 2.99. The van der Waals surface area contributed by atoms with E-state index in [1.54, 1.807) is 0 Å². The zero-order valence-corrected chi connectivity index (χ0v) is 16.5. The standard InChI is InChI=1S/C21H30N4O2/c1-13(2)25-11-9-14(10-12-25)15-5-4-6-16-19(23-24(3)20(15)16)17-7-8-18(26)22-21(17)27/h4-6,13-14,17,19,23H,7-12H2,1-3H3,(H,22,26,27). The summed E-state index contributed by atoms with van der Waals surface area (Å²) in [5, 5.41) is 4.59. The van der Waals surface area contributed by atoms with Gasteiger partial charge in [0, 0.05) is 19.5 Å². The largest absolute Gasteiger partial charge is 0.310 e. The topological polar surface area (TPSA) is 64.7 Å². The van der Waals surface area contributed by atoms with Crippen LogP contribution in [-0.2, 0) is 9.59 Å². The third kappa shape index (κ3) is 3.36. The quantitative estimate of drug-likeness (QED) is 0.800. The highest BCUT2D eigenvalue weighted by Crippen LogP contribution is 2.44. The van der Waals surface area contributed by atoms with E-state index in [1.807, 2.05) is 7.05 Å². The van der Waals surface area contributed by atoms with Gasteiger partial charge in [-0.25, -0.2) is 5.43 Å². The highest BCUT2D eigenvalue weighted by Gasteiger charge is 2.40. The third-order valence-electron chi connectivity index (χ3n) is 6.49. The highest BCUT2D eigenvalue weighted by atomic mass is 16.2. The summed E-state index contributed by atoms with van der Waals surface area (Å²) in [4.78, 5) is 26.5. The van der Waals surface area contributed by atoms with Crippen molar-refractivity contribution in [2.24, 2.45) is 5.92 Å². The Morgan fingerprint density at radius 2 is 1.78 bits per heavy atom. The van der Waals surface area contributed by atoms with Crippen molar-refractivity contribution in [3.05, 3.63) is 29.3 Å². The van der Waals surface area contributed by atoms with Gasteiger partial charge in [-0.15, -0.1) is 0 Å². The predicted molar refractivity (Wildman–Crippen MR) is 105 cm³/mol. The van der Waals surface area contributed by atoms with Crippen molar-refractivity contribution in [2.75, 3.05) is 25.1 Å². The molecule has 1 aromatic rings. The van der Waals surface area contributed by atoms with Gasteiger partial charge in [0.15, 0.2) is 0 Å². The van der Waals surface area contributed by atoms with Crippen LogP contribution in [0.25, 0.3) is 0 Å². The number of piperidine rings is 2. The molecule has 2 N–H and O–H groups in total. The number of carbonyl (C=O) groups is 2. The van der Waals surface area contributed by atoms with Crippen LogP contribution >= 0.6 is 0 Å². The number of likely N-dealkylation sites (tertiary alicyclic amines) is 1. The SMILES string of the molecule is CC(C)N1CCC(c2cccc3c2N(C)NC3C2CCC(=O)NC2=O)CC1. The lowest BCUT2D eigenvalue weighted by molar-refractivity contribution is -0.137. The van der Waals surface area contributed by atoms with Crippen LogP contribution in [0.2, 0.25) is 0 Å². The first kappa shape index (κ1) is 18.4. The van der Waals surface area contributed by atoms with Crippen LogP contribution in [0.4, 0.5) is 5.69 Å². The summed E-state index contributed by atoms with van der Waals surface area (Å²) in [5.74, 6) is 0.0401. The van der Waals surface area contributed by atoms with E-state index in [2.05, 4.69) is 52.7 Å². The molecule has 0 bridgehead atoms. The van der Waals surface area contributed by atoms with Crippen LogP contribution in [0.5, 0.6) is 0 Å². The molecule has 2 amide bonds. The van der Waals surface area contributed by atoms with E-state index < -0.39 is 0 Å². The van der Waals surface area contributed by atoms with Crippen molar-refractivity contribution in [3.8, 4) is 0 Å². The molecular formula is C21H30N4O2. The van der Waals surface area contributed by atoms with Gasteiger partial charge in [0.25, 0.3) is 0 Å². The van der Waals surface area contributed by atoms with Crippen molar-refractivity contribution < 1.29 is 9.59 Å². The second-order valence-corrected chi connectivity index (χ2v) is 8.41. The fourth-order valence-electron chi connectivity index (χ4n) is 4.95. The molecule has 0 spiro atoms. The molecule has 0 aromatic heterocycles. The Morgan fingerprint density at radius 3 is 2.44 bits per heavy atom. The number of hydrazine groups is 1. The minimum absolute atomic E-state index is 0.0613. The number of nitrogens with zero attached hydrogens (tertiary/aromatic N) is 2. The first-order valence-electron chi connectivity index (χ1n) is 10.2.